The zero-order chi connectivity index (χ0) is 18.1. The summed E-state index contributed by atoms with van der Waals surface area (Å²) in [5.41, 5.74) is 3.58. The fraction of sp³-hybridized carbons (Fsp3) is 0.588. The monoisotopic (exact) mass is 347 g/mol. The lowest BCUT2D eigenvalue weighted by molar-refractivity contribution is 0.0837. The molecule has 3 heterocycles. The first-order chi connectivity index (χ1) is 11.9. The number of methoxy groups -OCH3 is 1. The Morgan fingerprint density at radius 1 is 1.36 bits per heavy atom. The van der Waals surface area contributed by atoms with Crippen LogP contribution in [0.4, 0.5) is 0 Å². The van der Waals surface area contributed by atoms with Crippen LogP contribution in [0.3, 0.4) is 0 Å². The molecule has 25 heavy (non-hydrogen) atoms. The number of amides is 1. The molecule has 0 radical (unpaired) electrons. The van der Waals surface area contributed by atoms with Crippen LogP contribution < -0.4 is 10.1 Å². The molecule has 2 atom stereocenters. The second-order valence-electron chi connectivity index (χ2n) is 6.45. The summed E-state index contributed by atoms with van der Waals surface area (Å²) < 4.78 is 14.5. The Kier molecular flexibility index (Phi) is 4.80. The number of aryl methyl sites for hydroxylation is 3. The number of carbonyl (C=O) groups is 1. The van der Waals surface area contributed by atoms with Crippen LogP contribution in [0.1, 0.15) is 40.0 Å². The smallest absolute Gasteiger partial charge is 0.271 e. The van der Waals surface area contributed by atoms with Crippen LogP contribution in [0.2, 0.25) is 0 Å². The average Bonchev–Trinajstić information content (AvgIpc) is 3.24. The fourth-order valence-electron chi connectivity index (χ4n) is 3.43. The molecule has 1 fully saturated rings. The molecule has 0 spiro atoms. The SMILES string of the molecule is COc1cc(C(=O)NC[C@H]2CCO[C@@H]2c2c(C)nn(C)c2C)nn1C. The first-order valence-corrected chi connectivity index (χ1v) is 8.40. The van der Waals surface area contributed by atoms with Crippen LogP contribution in [0.15, 0.2) is 6.07 Å². The normalized spacial score (nSPS) is 20.0. The van der Waals surface area contributed by atoms with Crippen molar-refractivity contribution in [1.82, 2.24) is 24.9 Å². The molecular weight excluding hydrogens is 322 g/mol. The van der Waals surface area contributed by atoms with E-state index in [2.05, 4.69) is 15.5 Å². The number of carbonyl (C=O) groups excluding carboxylic acids is 1. The maximum Gasteiger partial charge on any atom is 0.271 e. The molecule has 0 unspecified atom stereocenters. The third kappa shape index (κ3) is 3.26. The van der Waals surface area contributed by atoms with Crippen molar-refractivity contribution in [3.05, 3.63) is 28.7 Å². The van der Waals surface area contributed by atoms with E-state index in [9.17, 15) is 4.79 Å². The number of nitrogens with one attached hydrogen (secondary N) is 1. The van der Waals surface area contributed by atoms with Crippen molar-refractivity contribution in [2.24, 2.45) is 20.0 Å². The van der Waals surface area contributed by atoms with Gasteiger partial charge >= 0.3 is 0 Å². The maximum atomic E-state index is 12.4. The van der Waals surface area contributed by atoms with Crippen molar-refractivity contribution in [3.8, 4) is 5.88 Å². The molecule has 8 nitrogen and oxygen atoms in total. The maximum absolute atomic E-state index is 12.4. The molecule has 1 N–H and O–H groups in total. The minimum atomic E-state index is -0.204. The van der Waals surface area contributed by atoms with Gasteiger partial charge in [0.1, 0.15) is 0 Å². The van der Waals surface area contributed by atoms with Gasteiger partial charge in [-0.2, -0.15) is 10.2 Å². The number of rotatable bonds is 5. The lowest BCUT2D eigenvalue weighted by atomic mass is 9.94. The van der Waals surface area contributed by atoms with Crippen molar-refractivity contribution in [2.75, 3.05) is 20.3 Å². The van der Waals surface area contributed by atoms with E-state index >= 15 is 0 Å². The largest absolute Gasteiger partial charge is 0.481 e. The summed E-state index contributed by atoms with van der Waals surface area (Å²) in [7, 11) is 5.23. The number of hydrogen-bond donors (Lipinski definition) is 1. The van der Waals surface area contributed by atoms with Gasteiger partial charge in [0.15, 0.2) is 5.69 Å². The molecule has 1 amide bonds. The zero-order valence-corrected chi connectivity index (χ0v) is 15.4. The highest BCUT2D eigenvalue weighted by Crippen LogP contribution is 2.37. The molecule has 0 aromatic carbocycles. The van der Waals surface area contributed by atoms with E-state index in [1.807, 2.05) is 25.6 Å². The quantitative estimate of drug-likeness (QED) is 0.881. The van der Waals surface area contributed by atoms with Gasteiger partial charge in [0, 0.05) is 50.5 Å². The Morgan fingerprint density at radius 3 is 2.72 bits per heavy atom. The summed E-state index contributed by atoms with van der Waals surface area (Å²) >= 11 is 0. The van der Waals surface area contributed by atoms with Crippen LogP contribution in [0.5, 0.6) is 5.88 Å². The molecule has 0 bridgehead atoms. The summed E-state index contributed by atoms with van der Waals surface area (Å²) in [6, 6.07) is 1.63. The molecule has 1 aliphatic heterocycles. The number of nitrogens with zero attached hydrogens (tertiary/aromatic N) is 4. The van der Waals surface area contributed by atoms with Gasteiger partial charge in [-0.25, -0.2) is 4.68 Å². The van der Waals surface area contributed by atoms with E-state index in [0.717, 1.165) is 23.4 Å². The summed E-state index contributed by atoms with van der Waals surface area (Å²) in [6.45, 7) is 5.28. The Morgan fingerprint density at radius 2 is 2.12 bits per heavy atom. The van der Waals surface area contributed by atoms with Gasteiger partial charge in [-0.3, -0.25) is 9.48 Å². The molecule has 0 saturated carbocycles. The van der Waals surface area contributed by atoms with E-state index in [-0.39, 0.29) is 17.9 Å². The van der Waals surface area contributed by atoms with Gasteiger partial charge in [0.2, 0.25) is 5.88 Å². The van der Waals surface area contributed by atoms with Gasteiger partial charge in [-0.1, -0.05) is 0 Å². The van der Waals surface area contributed by atoms with Crippen molar-refractivity contribution < 1.29 is 14.3 Å². The number of aromatic nitrogens is 4. The average molecular weight is 347 g/mol. The molecular formula is C17H25N5O3. The van der Waals surface area contributed by atoms with Gasteiger partial charge < -0.3 is 14.8 Å². The first kappa shape index (κ1) is 17.5. The zero-order valence-electron chi connectivity index (χ0n) is 15.4. The highest BCUT2D eigenvalue weighted by Gasteiger charge is 2.33. The van der Waals surface area contributed by atoms with Crippen molar-refractivity contribution in [2.45, 2.75) is 26.4 Å². The van der Waals surface area contributed by atoms with E-state index in [1.54, 1.807) is 24.9 Å². The Balaban J connectivity index is 1.68. The predicted molar refractivity (Wildman–Crippen MR) is 91.6 cm³/mol. The molecule has 3 rings (SSSR count). The lowest BCUT2D eigenvalue weighted by Gasteiger charge is -2.19. The highest BCUT2D eigenvalue weighted by molar-refractivity contribution is 5.92. The molecule has 1 aliphatic rings. The summed E-state index contributed by atoms with van der Waals surface area (Å²) in [5.74, 6) is 0.564. The minimum Gasteiger partial charge on any atom is -0.481 e. The second-order valence-corrected chi connectivity index (χ2v) is 6.45. The van der Waals surface area contributed by atoms with Gasteiger partial charge in [-0.15, -0.1) is 0 Å². The van der Waals surface area contributed by atoms with Gasteiger partial charge in [0.25, 0.3) is 5.91 Å². The van der Waals surface area contributed by atoms with Gasteiger partial charge in [-0.05, 0) is 20.3 Å². The molecule has 2 aromatic rings. The van der Waals surface area contributed by atoms with E-state index in [4.69, 9.17) is 9.47 Å². The van der Waals surface area contributed by atoms with Crippen LogP contribution in [-0.2, 0) is 18.8 Å². The van der Waals surface area contributed by atoms with Crippen molar-refractivity contribution in [3.63, 3.8) is 0 Å². The molecule has 8 heteroatoms. The van der Waals surface area contributed by atoms with Crippen molar-refractivity contribution in [1.29, 1.82) is 0 Å². The highest BCUT2D eigenvalue weighted by atomic mass is 16.5. The van der Waals surface area contributed by atoms with Crippen LogP contribution in [-0.4, -0.2) is 45.7 Å². The topological polar surface area (TPSA) is 83.2 Å². The van der Waals surface area contributed by atoms with Crippen molar-refractivity contribution >= 4 is 5.91 Å². The Labute approximate surface area is 147 Å². The number of ether oxygens (including phenoxy) is 2. The lowest BCUT2D eigenvalue weighted by Crippen LogP contribution is -2.31. The standard InChI is InChI=1S/C17H25N5O3/c1-10-15(11(2)21(3)19-10)16-12(6-7-25-16)9-18-17(23)13-8-14(24-5)22(4)20-13/h8,12,16H,6-7,9H2,1-5H3,(H,18,23)/t12-,16+/m1/s1. The van der Waals surface area contributed by atoms with Crippen LogP contribution in [0, 0.1) is 19.8 Å². The summed E-state index contributed by atoms with van der Waals surface area (Å²) in [4.78, 5) is 12.4. The molecule has 2 aromatic heterocycles. The van der Waals surface area contributed by atoms with E-state index in [0.29, 0.717) is 24.7 Å². The van der Waals surface area contributed by atoms with Gasteiger partial charge in [0.05, 0.1) is 18.9 Å². The minimum absolute atomic E-state index is 0.0349. The number of hydrogen-bond acceptors (Lipinski definition) is 5. The summed E-state index contributed by atoms with van der Waals surface area (Å²) in [6.07, 6.45) is 0.872. The molecule has 0 aliphatic carbocycles. The predicted octanol–water partition coefficient (Wildman–Crippen LogP) is 1.29. The first-order valence-electron chi connectivity index (χ1n) is 8.40. The second kappa shape index (κ2) is 6.87. The third-order valence-corrected chi connectivity index (χ3v) is 4.87. The Hall–Kier alpha value is -2.35. The van der Waals surface area contributed by atoms with Crippen LogP contribution >= 0.6 is 0 Å². The van der Waals surface area contributed by atoms with E-state index in [1.165, 1.54) is 0 Å². The third-order valence-electron chi connectivity index (χ3n) is 4.87. The van der Waals surface area contributed by atoms with E-state index < -0.39 is 0 Å². The molecule has 136 valence electrons. The van der Waals surface area contributed by atoms with Crippen LogP contribution in [0.25, 0.3) is 0 Å². The Bertz CT molecular complexity index is 780. The summed E-state index contributed by atoms with van der Waals surface area (Å²) in [5, 5.41) is 11.6. The molecule has 1 saturated heterocycles. The fourth-order valence-corrected chi connectivity index (χ4v) is 3.43.